The van der Waals surface area contributed by atoms with Gasteiger partial charge in [-0.15, -0.1) is 0 Å². The van der Waals surface area contributed by atoms with Gasteiger partial charge in [0.05, 0.1) is 27.2 Å². The molecule has 0 unspecified atom stereocenters. The van der Waals surface area contributed by atoms with Crippen molar-refractivity contribution in [2.75, 3.05) is 0 Å². The first-order valence-electron chi connectivity index (χ1n) is 14.3. The molecule has 0 spiro atoms. The van der Waals surface area contributed by atoms with Gasteiger partial charge in [-0.3, -0.25) is 24.2 Å². The summed E-state index contributed by atoms with van der Waals surface area (Å²) in [6.45, 7) is 4.32. The van der Waals surface area contributed by atoms with Gasteiger partial charge >= 0.3 is 0 Å². The first-order chi connectivity index (χ1) is 21.7. The molecule has 45 heavy (non-hydrogen) atoms. The Kier molecular flexibility index (Phi) is 6.55. The summed E-state index contributed by atoms with van der Waals surface area (Å²) in [5.74, 6) is 2.72. The number of benzene rings is 5. The predicted molar refractivity (Wildman–Crippen MR) is 174 cm³/mol. The molecule has 1 N–H and O–H groups in total. The number of aromatic amines is 1. The Morgan fingerprint density at radius 2 is 0.911 bits per heavy atom. The van der Waals surface area contributed by atoms with Crippen molar-refractivity contribution in [2.45, 2.75) is 19.3 Å². The second kappa shape index (κ2) is 10.6. The largest absolute Gasteiger partial charge is 0.457 e. The Balaban J connectivity index is 1.08. The molecule has 2 heterocycles. The van der Waals surface area contributed by atoms with Crippen LogP contribution in [0.3, 0.4) is 0 Å². The lowest BCUT2D eigenvalue weighted by atomic mass is 9.78. The molecule has 0 saturated heterocycles. The number of aromatic nitrogens is 2. The Morgan fingerprint density at radius 1 is 0.511 bits per heavy atom. The number of hydrogen-bond donors (Lipinski definition) is 1. The van der Waals surface area contributed by atoms with Crippen LogP contribution in [0.5, 0.6) is 23.0 Å². The van der Waals surface area contributed by atoms with Crippen molar-refractivity contribution in [3.63, 3.8) is 0 Å². The zero-order chi connectivity index (χ0) is 31.3. The van der Waals surface area contributed by atoms with E-state index in [4.69, 9.17) is 9.47 Å². The third kappa shape index (κ3) is 4.92. The zero-order valence-electron chi connectivity index (χ0n) is 24.4. The molecule has 0 aliphatic heterocycles. The molecule has 7 aromatic rings. The van der Waals surface area contributed by atoms with E-state index in [9.17, 15) is 19.2 Å². The van der Waals surface area contributed by atoms with E-state index in [2.05, 4.69) is 31.0 Å². The Bertz CT molecular complexity index is 2320. The van der Waals surface area contributed by atoms with Crippen LogP contribution in [0.15, 0.2) is 134 Å². The Labute approximate surface area is 256 Å². The van der Waals surface area contributed by atoms with E-state index in [-0.39, 0.29) is 27.0 Å². The highest BCUT2D eigenvalue weighted by molar-refractivity contribution is 5.97. The summed E-state index contributed by atoms with van der Waals surface area (Å²) < 4.78 is 13.0. The highest BCUT2D eigenvalue weighted by Gasteiger charge is 2.23. The summed E-state index contributed by atoms with van der Waals surface area (Å²) in [6, 6.07) is 34.8. The molecule has 0 saturated carbocycles. The molecule has 0 aliphatic rings. The summed E-state index contributed by atoms with van der Waals surface area (Å²) >= 11 is 0. The van der Waals surface area contributed by atoms with Crippen LogP contribution in [0.2, 0.25) is 0 Å². The lowest BCUT2D eigenvalue weighted by molar-refractivity contribution is 0.481. The van der Waals surface area contributed by atoms with Gasteiger partial charge < -0.3 is 9.47 Å². The molecule has 8 nitrogen and oxygen atoms in total. The maximum absolute atomic E-state index is 13.1. The molecule has 0 fully saturated rings. The van der Waals surface area contributed by atoms with Crippen LogP contribution in [0.25, 0.3) is 27.2 Å². The number of para-hydroxylation sites is 1. The molecule has 0 radical (unpaired) electrons. The number of nitrogens with zero attached hydrogens (tertiary/aromatic N) is 1. The molecule has 5 aromatic carbocycles. The molecule has 2 aromatic heterocycles. The fourth-order valence-corrected chi connectivity index (χ4v) is 5.60. The van der Waals surface area contributed by atoms with Crippen LogP contribution in [0.4, 0.5) is 0 Å². The van der Waals surface area contributed by atoms with Crippen LogP contribution in [-0.4, -0.2) is 9.55 Å². The molecular formula is C37H26N2O6. The molecule has 0 amide bonds. The number of hydrogen-bond acceptors (Lipinski definition) is 6. The lowest BCUT2D eigenvalue weighted by Crippen LogP contribution is -2.23. The first kappa shape index (κ1) is 27.8. The highest BCUT2D eigenvalue weighted by atomic mass is 16.5. The van der Waals surface area contributed by atoms with Gasteiger partial charge in [-0.2, -0.15) is 0 Å². The van der Waals surface area contributed by atoms with E-state index in [1.807, 2.05) is 66.7 Å². The highest BCUT2D eigenvalue weighted by Crippen LogP contribution is 2.34. The maximum Gasteiger partial charge on any atom is 0.266 e. The lowest BCUT2D eigenvalue weighted by Gasteiger charge is -2.26. The topological polar surface area (TPSA) is 107 Å². The van der Waals surface area contributed by atoms with Crippen LogP contribution in [0, 0.1) is 0 Å². The van der Waals surface area contributed by atoms with Gasteiger partial charge in [-0.25, -0.2) is 4.57 Å². The van der Waals surface area contributed by atoms with Gasteiger partial charge in [0, 0.05) is 5.41 Å². The summed E-state index contributed by atoms with van der Waals surface area (Å²) in [5, 5.41) is 0.351. The van der Waals surface area contributed by atoms with Crippen LogP contribution in [0.1, 0.15) is 25.0 Å². The van der Waals surface area contributed by atoms with Gasteiger partial charge in [-0.1, -0.05) is 56.3 Å². The second-order valence-corrected chi connectivity index (χ2v) is 11.4. The van der Waals surface area contributed by atoms with E-state index < -0.39 is 22.2 Å². The molecule has 0 atom stereocenters. The Morgan fingerprint density at radius 3 is 1.36 bits per heavy atom. The predicted octanol–water partition coefficient (Wildman–Crippen LogP) is 6.34. The van der Waals surface area contributed by atoms with E-state index >= 15 is 0 Å². The molecule has 220 valence electrons. The smallest absolute Gasteiger partial charge is 0.266 e. The summed E-state index contributed by atoms with van der Waals surface area (Å²) in [7, 11) is 0. The van der Waals surface area contributed by atoms with Crippen molar-refractivity contribution < 1.29 is 9.47 Å². The van der Waals surface area contributed by atoms with Gasteiger partial charge in [0.1, 0.15) is 23.0 Å². The monoisotopic (exact) mass is 594 g/mol. The van der Waals surface area contributed by atoms with Gasteiger partial charge in [0.25, 0.3) is 22.2 Å². The van der Waals surface area contributed by atoms with Crippen LogP contribution >= 0.6 is 0 Å². The number of rotatable bonds is 7. The van der Waals surface area contributed by atoms with E-state index in [0.717, 1.165) is 27.2 Å². The summed E-state index contributed by atoms with van der Waals surface area (Å²) in [5.41, 5.74) is 0.0372. The number of fused-ring (bicyclic) bond motifs is 2. The third-order valence-electron chi connectivity index (χ3n) is 8.20. The quantitative estimate of drug-likeness (QED) is 0.231. The van der Waals surface area contributed by atoms with Gasteiger partial charge in [0.15, 0.2) is 0 Å². The molecule has 0 bridgehead atoms. The third-order valence-corrected chi connectivity index (χ3v) is 8.20. The van der Waals surface area contributed by atoms with Gasteiger partial charge in [-0.05, 0) is 83.9 Å². The summed E-state index contributed by atoms with van der Waals surface area (Å²) in [4.78, 5) is 52.5. The van der Waals surface area contributed by atoms with Crippen molar-refractivity contribution >= 4 is 21.5 Å². The SMILES string of the molecule is CC(C)(c1ccc(Oc2ccccc2)cc1)c1ccc(Oc2ccc(-n3c(=O)c4cc5c(=O)[nH]c(=O)c5cc4c3=O)cc2)cc1. The van der Waals surface area contributed by atoms with Crippen molar-refractivity contribution in [2.24, 2.45) is 0 Å². The zero-order valence-corrected chi connectivity index (χ0v) is 24.4. The minimum absolute atomic E-state index is 0.0865. The molecular weight excluding hydrogens is 568 g/mol. The fourth-order valence-electron chi connectivity index (χ4n) is 5.60. The Hall–Kier alpha value is -6.02. The average molecular weight is 595 g/mol. The normalized spacial score (nSPS) is 11.7. The minimum atomic E-state index is -0.585. The fraction of sp³-hybridized carbons (Fsp3) is 0.0811. The second-order valence-electron chi connectivity index (χ2n) is 11.4. The van der Waals surface area contributed by atoms with E-state index in [1.54, 1.807) is 24.3 Å². The number of ether oxygens (including phenoxy) is 2. The molecule has 8 heteroatoms. The molecule has 0 aliphatic carbocycles. The molecule has 7 rings (SSSR count). The van der Waals surface area contributed by atoms with E-state index in [0.29, 0.717) is 17.2 Å². The van der Waals surface area contributed by atoms with Crippen LogP contribution in [-0.2, 0) is 5.41 Å². The standard InChI is InChI=1S/C37H26N2O6/c1-37(2,22-8-14-26(15-9-22)44-25-6-4-3-5-7-25)23-10-16-27(17-11-23)45-28-18-12-24(13-19-28)39-35(42)31-20-29-30(21-32(31)36(39)43)34(41)38-33(29)40/h3-21H,1-2H3,(H,38,40,41). The van der Waals surface area contributed by atoms with E-state index in [1.165, 1.54) is 12.1 Å². The minimum Gasteiger partial charge on any atom is -0.457 e. The van der Waals surface area contributed by atoms with Crippen molar-refractivity contribution in [1.82, 2.24) is 9.55 Å². The van der Waals surface area contributed by atoms with Gasteiger partial charge in [0.2, 0.25) is 0 Å². The number of nitrogens with one attached hydrogen (secondary N) is 1. The van der Waals surface area contributed by atoms with Crippen molar-refractivity contribution in [1.29, 1.82) is 0 Å². The average Bonchev–Trinajstić information content (AvgIpc) is 3.47. The first-order valence-corrected chi connectivity index (χ1v) is 14.3. The number of H-pyrrole nitrogens is 1. The maximum atomic E-state index is 13.1. The van der Waals surface area contributed by atoms with Crippen LogP contribution < -0.4 is 31.7 Å². The van der Waals surface area contributed by atoms with Crippen molar-refractivity contribution in [3.8, 4) is 28.7 Å². The summed E-state index contributed by atoms with van der Waals surface area (Å²) in [6.07, 6.45) is 0. The van der Waals surface area contributed by atoms with Crippen molar-refractivity contribution in [3.05, 3.63) is 168 Å².